The Morgan fingerprint density at radius 1 is 1.07 bits per heavy atom. The van der Waals surface area contributed by atoms with Crippen molar-refractivity contribution >= 4 is 29.1 Å². The van der Waals surface area contributed by atoms with Gasteiger partial charge >= 0.3 is 6.03 Å². The van der Waals surface area contributed by atoms with E-state index in [1.54, 1.807) is 31.3 Å². The number of nitrogens with one attached hydrogen (secondary N) is 2. The fourth-order valence-corrected chi connectivity index (χ4v) is 2.57. The number of halogens is 2. The molecule has 0 radical (unpaired) electrons. The summed E-state index contributed by atoms with van der Waals surface area (Å²) < 4.78 is 28.1. The van der Waals surface area contributed by atoms with Gasteiger partial charge in [-0.3, -0.25) is 9.48 Å². The first-order valence-electron chi connectivity index (χ1n) is 8.02. The molecule has 0 fully saturated rings. The summed E-state index contributed by atoms with van der Waals surface area (Å²) >= 11 is 0. The molecule has 3 amide bonds. The van der Waals surface area contributed by atoms with Crippen LogP contribution in [0.2, 0.25) is 0 Å². The largest absolute Gasteiger partial charge is 0.383 e. The number of rotatable bonds is 4. The van der Waals surface area contributed by atoms with Crippen LogP contribution in [-0.4, -0.2) is 21.7 Å². The SMILES string of the molecule is Cn1nc(-c2ccc(NC(=O)Nc3cc(F)ccc3F)cc2)c(C(N)=O)c1N. The van der Waals surface area contributed by atoms with Gasteiger partial charge in [0.05, 0.1) is 5.69 Å². The van der Waals surface area contributed by atoms with Crippen molar-refractivity contribution in [1.29, 1.82) is 0 Å². The molecule has 3 rings (SSSR count). The number of anilines is 3. The Morgan fingerprint density at radius 2 is 1.75 bits per heavy atom. The van der Waals surface area contributed by atoms with Crippen LogP contribution >= 0.6 is 0 Å². The predicted molar refractivity (Wildman–Crippen MR) is 101 cm³/mol. The van der Waals surface area contributed by atoms with E-state index >= 15 is 0 Å². The van der Waals surface area contributed by atoms with Gasteiger partial charge in [-0.25, -0.2) is 13.6 Å². The van der Waals surface area contributed by atoms with Gasteiger partial charge in [0, 0.05) is 24.4 Å². The molecule has 10 heteroatoms. The normalized spacial score (nSPS) is 10.5. The van der Waals surface area contributed by atoms with Crippen LogP contribution in [0.4, 0.5) is 30.8 Å². The van der Waals surface area contributed by atoms with Gasteiger partial charge in [0.1, 0.15) is 28.7 Å². The summed E-state index contributed by atoms with van der Waals surface area (Å²) in [6.45, 7) is 0. The molecule has 6 N–H and O–H groups in total. The third-order valence-electron chi connectivity index (χ3n) is 3.93. The first-order chi connectivity index (χ1) is 13.3. The van der Waals surface area contributed by atoms with Gasteiger partial charge in [0.15, 0.2) is 0 Å². The summed E-state index contributed by atoms with van der Waals surface area (Å²) in [4.78, 5) is 23.6. The Bertz CT molecular complexity index is 1060. The maximum atomic E-state index is 13.6. The average molecular weight is 386 g/mol. The molecule has 1 heterocycles. The maximum absolute atomic E-state index is 13.6. The first kappa shape index (κ1) is 18.8. The summed E-state index contributed by atoms with van der Waals surface area (Å²) in [5.74, 6) is -2.01. The molecular weight excluding hydrogens is 370 g/mol. The highest BCUT2D eigenvalue weighted by Crippen LogP contribution is 2.27. The van der Waals surface area contributed by atoms with Crippen molar-refractivity contribution < 1.29 is 18.4 Å². The molecule has 1 aromatic heterocycles. The van der Waals surface area contributed by atoms with Crippen LogP contribution < -0.4 is 22.1 Å². The van der Waals surface area contributed by atoms with E-state index in [1.807, 2.05) is 0 Å². The van der Waals surface area contributed by atoms with E-state index in [2.05, 4.69) is 15.7 Å². The van der Waals surface area contributed by atoms with Crippen LogP contribution in [-0.2, 0) is 7.05 Å². The van der Waals surface area contributed by atoms with Crippen molar-refractivity contribution in [1.82, 2.24) is 9.78 Å². The molecule has 0 aliphatic rings. The molecule has 8 nitrogen and oxygen atoms in total. The monoisotopic (exact) mass is 386 g/mol. The topological polar surface area (TPSA) is 128 Å². The first-order valence-corrected chi connectivity index (χ1v) is 8.02. The Balaban J connectivity index is 1.77. The van der Waals surface area contributed by atoms with Gasteiger partial charge < -0.3 is 22.1 Å². The Hall–Kier alpha value is -3.95. The van der Waals surface area contributed by atoms with Gasteiger partial charge in [0.25, 0.3) is 5.91 Å². The lowest BCUT2D eigenvalue weighted by Crippen LogP contribution is -2.20. The Kier molecular flexibility index (Phi) is 4.94. The summed E-state index contributed by atoms with van der Waals surface area (Å²) in [6, 6.07) is 8.28. The lowest BCUT2D eigenvalue weighted by atomic mass is 10.1. The summed E-state index contributed by atoms with van der Waals surface area (Å²) in [5, 5.41) is 8.89. The Labute approximate surface area is 158 Å². The van der Waals surface area contributed by atoms with Crippen LogP contribution in [0.25, 0.3) is 11.3 Å². The minimum atomic E-state index is -0.765. The van der Waals surface area contributed by atoms with E-state index in [0.29, 0.717) is 16.9 Å². The number of urea groups is 1. The molecule has 144 valence electrons. The smallest absolute Gasteiger partial charge is 0.323 e. The highest BCUT2D eigenvalue weighted by molar-refractivity contribution is 6.03. The minimum absolute atomic E-state index is 0.0996. The van der Waals surface area contributed by atoms with Gasteiger partial charge in [-0.2, -0.15) is 5.10 Å². The number of aryl methyl sites for hydroxylation is 1. The highest BCUT2D eigenvalue weighted by Gasteiger charge is 2.20. The third-order valence-corrected chi connectivity index (χ3v) is 3.93. The molecule has 28 heavy (non-hydrogen) atoms. The molecular formula is C18H16F2N6O2. The van der Waals surface area contributed by atoms with Gasteiger partial charge in [-0.05, 0) is 24.3 Å². The molecule has 0 saturated heterocycles. The van der Waals surface area contributed by atoms with Crippen molar-refractivity contribution in [2.75, 3.05) is 16.4 Å². The fourth-order valence-electron chi connectivity index (χ4n) is 2.57. The zero-order valence-corrected chi connectivity index (χ0v) is 14.7. The van der Waals surface area contributed by atoms with Crippen LogP contribution in [0, 0.1) is 11.6 Å². The maximum Gasteiger partial charge on any atom is 0.323 e. The van der Waals surface area contributed by atoms with Crippen LogP contribution in [0.3, 0.4) is 0 Å². The van der Waals surface area contributed by atoms with Crippen LogP contribution in [0.5, 0.6) is 0 Å². The number of benzene rings is 2. The predicted octanol–water partition coefficient (Wildman–Crippen LogP) is 2.69. The molecule has 0 spiro atoms. The highest BCUT2D eigenvalue weighted by atomic mass is 19.1. The zero-order valence-electron chi connectivity index (χ0n) is 14.7. The number of nitrogens with zero attached hydrogens (tertiary/aromatic N) is 2. The summed E-state index contributed by atoms with van der Waals surface area (Å²) in [6.07, 6.45) is 0. The second-order valence-electron chi connectivity index (χ2n) is 5.88. The fraction of sp³-hybridized carbons (Fsp3) is 0.0556. The van der Waals surface area contributed by atoms with Crippen molar-refractivity contribution in [2.45, 2.75) is 0 Å². The Morgan fingerprint density at radius 3 is 2.39 bits per heavy atom. The second kappa shape index (κ2) is 7.35. The number of nitrogens with two attached hydrogens (primary N) is 2. The summed E-state index contributed by atoms with van der Waals surface area (Å²) in [7, 11) is 1.58. The van der Waals surface area contributed by atoms with Crippen LogP contribution in [0.15, 0.2) is 42.5 Å². The van der Waals surface area contributed by atoms with E-state index in [9.17, 15) is 18.4 Å². The number of carbonyl (C=O) groups excluding carboxylic acids is 2. The molecule has 0 aliphatic carbocycles. The molecule has 0 bridgehead atoms. The van der Waals surface area contributed by atoms with Crippen molar-refractivity contribution in [2.24, 2.45) is 12.8 Å². The molecule has 0 atom stereocenters. The van der Waals surface area contributed by atoms with Crippen molar-refractivity contribution in [3.63, 3.8) is 0 Å². The third kappa shape index (κ3) is 3.75. The van der Waals surface area contributed by atoms with Crippen molar-refractivity contribution in [3.05, 3.63) is 59.7 Å². The zero-order chi connectivity index (χ0) is 20.4. The molecule has 0 unspecified atom stereocenters. The lowest BCUT2D eigenvalue weighted by molar-refractivity contribution is 0.100. The van der Waals surface area contributed by atoms with E-state index in [1.165, 1.54) is 4.68 Å². The summed E-state index contributed by atoms with van der Waals surface area (Å²) in [5.41, 5.74) is 12.2. The number of carbonyl (C=O) groups is 2. The number of primary amides is 1. The number of amides is 3. The number of aromatic nitrogens is 2. The van der Waals surface area contributed by atoms with E-state index < -0.39 is 23.6 Å². The molecule has 0 saturated carbocycles. The second-order valence-corrected chi connectivity index (χ2v) is 5.88. The molecule has 2 aromatic carbocycles. The minimum Gasteiger partial charge on any atom is -0.383 e. The van der Waals surface area contributed by atoms with Crippen molar-refractivity contribution in [3.8, 4) is 11.3 Å². The number of hydrogen-bond acceptors (Lipinski definition) is 4. The van der Waals surface area contributed by atoms with Gasteiger partial charge in [-0.15, -0.1) is 0 Å². The van der Waals surface area contributed by atoms with E-state index in [-0.39, 0.29) is 17.1 Å². The van der Waals surface area contributed by atoms with Gasteiger partial charge in [-0.1, -0.05) is 12.1 Å². The molecule has 3 aromatic rings. The number of hydrogen-bond donors (Lipinski definition) is 4. The van der Waals surface area contributed by atoms with Gasteiger partial charge in [0.2, 0.25) is 0 Å². The lowest BCUT2D eigenvalue weighted by Gasteiger charge is -2.09. The quantitative estimate of drug-likeness (QED) is 0.549. The molecule has 0 aliphatic heterocycles. The number of nitrogen functional groups attached to an aromatic ring is 1. The average Bonchev–Trinajstić information content (AvgIpc) is 2.94. The van der Waals surface area contributed by atoms with E-state index in [4.69, 9.17) is 11.5 Å². The van der Waals surface area contributed by atoms with E-state index in [0.717, 1.165) is 18.2 Å². The van der Waals surface area contributed by atoms with Crippen LogP contribution in [0.1, 0.15) is 10.4 Å². The standard InChI is InChI=1S/C18H16F2N6O2/c1-26-16(21)14(17(22)27)15(25-26)9-2-5-11(6-3-9)23-18(28)24-13-8-10(19)4-7-12(13)20/h2-8H,21H2,1H3,(H2,22,27)(H2,23,24,28).